The predicted molar refractivity (Wildman–Crippen MR) is 113 cm³/mol. The lowest BCUT2D eigenvalue weighted by molar-refractivity contribution is -0.138. The Labute approximate surface area is 174 Å². The highest BCUT2D eigenvalue weighted by Gasteiger charge is 2.25. The summed E-state index contributed by atoms with van der Waals surface area (Å²) in [7, 11) is 0. The van der Waals surface area contributed by atoms with E-state index < -0.39 is 11.7 Å². The van der Waals surface area contributed by atoms with Crippen LogP contribution >= 0.6 is 0 Å². The van der Waals surface area contributed by atoms with E-state index in [1.54, 1.807) is 25.1 Å². The van der Waals surface area contributed by atoms with Crippen LogP contribution < -0.4 is 10.4 Å². The van der Waals surface area contributed by atoms with Crippen LogP contribution in [0.3, 0.4) is 0 Å². The number of nitrogens with zero attached hydrogens (tertiary/aromatic N) is 1. The molecule has 3 aromatic rings. The van der Waals surface area contributed by atoms with E-state index in [1.165, 1.54) is 18.2 Å². The minimum atomic E-state index is -0.680. The molecule has 6 heteroatoms. The van der Waals surface area contributed by atoms with Crippen LogP contribution in [0, 0.1) is 12.7 Å². The third kappa shape index (κ3) is 4.08. The third-order valence-corrected chi connectivity index (χ3v) is 5.43. The van der Waals surface area contributed by atoms with Crippen molar-refractivity contribution in [2.75, 3.05) is 13.1 Å². The number of hydrogen-bond acceptors (Lipinski definition) is 4. The topological polar surface area (TPSA) is 59.8 Å². The molecule has 1 aromatic heterocycles. The number of aryl methyl sites for hydroxylation is 1. The van der Waals surface area contributed by atoms with Gasteiger partial charge >= 0.3 is 5.63 Å². The summed E-state index contributed by atoms with van der Waals surface area (Å²) in [6.45, 7) is 5.10. The summed E-state index contributed by atoms with van der Waals surface area (Å²) in [4.78, 5) is 26.9. The van der Waals surface area contributed by atoms with Gasteiger partial charge in [-0.25, -0.2) is 9.18 Å². The van der Waals surface area contributed by atoms with Crippen LogP contribution in [0.25, 0.3) is 22.1 Å². The van der Waals surface area contributed by atoms with Gasteiger partial charge in [0.25, 0.3) is 5.91 Å². The molecule has 0 bridgehead atoms. The molecule has 2 heterocycles. The van der Waals surface area contributed by atoms with Gasteiger partial charge in [-0.1, -0.05) is 12.1 Å². The smallest absolute Gasteiger partial charge is 0.336 e. The van der Waals surface area contributed by atoms with E-state index in [1.807, 2.05) is 17.9 Å². The van der Waals surface area contributed by atoms with Crippen LogP contribution in [0.2, 0.25) is 0 Å². The lowest BCUT2D eigenvalue weighted by atomic mass is 10.00. The molecule has 1 saturated heterocycles. The van der Waals surface area contributed by atoms with E-state index in [4.69, 9.17) is 9.15 Å². The number of likely N-dealkylation sites (tertiary alicyclic amines) is 1. The highest BCUT2D eigenvalue weighted by Crippen LogP contribution is 2.36. The van der Waals surface area contributed by atoms with E-state index in [9.17, 15) is 14.0 Å². The fourth-order valence-electron chi connectivity index (χ4n) is 3.96. The standard InChI is InChI=1S/C24H24FNO4/c1-15-12-20(29-16(2)24(28)26-10-4-3-5-11-26)23-19(14-22(27)30-21(23)13-15)17-6-8-18(25)9-7-17/h6-9,12-14,16H,3-5,10-11H2,1-2H3. The number of piperidine rings is 1. The Morgan fingerprint density at radius 1 is 1.10 bits per heavy atom. The molecule has 1 unspecified atom stereocenters. The molecule has 0 saturated carbocycles. The number of benzene rings is 2. The van der Waals surface area contributed by atoms with Crippen molar-refractivity contribution in [2.45, 2.75) is 39.2 Å². The first kappa shape index (κ1) is 20.1. The molecule has 1 aliphatic heterocycles. The number of ether oxygens (including phenoxy) is 1. The monoisotopic (exact) mass is 409 g/mol. The maximum absolute atomic E-state index is 13.4. The molecule has 1 fully saturated rings. The molecule has 156 valence electrons. The number of fused-ring (bicyclic) bond motifs is 1. The quantitative estimate of drug-likeness (QED) is 0.587. The van der Waals surface area contributed by atoms with Crippen LogP contribution in [0.4, 0.5) is 4.39 Å². The summed E-state index contributed by atoms with van der Waals surface area (Å²) in [6, 6.07) is 10.9. The second kappa shape index (κ2) is 8.30. The Kier molecular flexibility index (Phi) is 5.57. The maximum Gasteiger partial charge on any atom is 0.336 e. The van der Waals surface area contributed by atoms with Crippen LogP contribution in [-0.4, -0.2) is 30.0 Å². The van der Waals surface area contributed by atoms with Gasteiger partial charge < -0.3 is 14.1 Å². The van der Waals surface area contributed by atoms with Crippen LogP contribution in [-0.2, 0) is 4.79 Å². The second-order valence-electron chi connectivity index (χ2n) is 7.77. The van der Waals surface area contributed by atoms with Gasteiger partial charge in [0.2, 0.25) is 0 Å². The van der Waals surface area contributed by atoms with Gasteiger partial charge in [0.15, 0.2) is 6.10 Å². The third-order valence-electron chi connectivity index (χ3n) is 5.43. The number of amides is 1. The molecule has 1 aliphatic rings. The summed E-state index contributed by atoms with van der Waals surface area (Å²) in [5.41, 5.74) is 1.95. The van der Waals surface area contributed by atoms with Crippen molar-refractivity contribution in [2.24, 2.45) is 0 Å². The minimum Gasteiger partial charge on any atom is -0.480 e. The minimum absolute atomic E-state index is 0.0509. The van der Waals surface area contributed by atoms with E-state index >= 15 is 0 Å². The first-order valence-corrected chi connectivity index (χ1v) is 10.2. The van der Waals surface area contributed by atoms with Gasteiger partial charge in [-0.2, -0.15) is 0 Å². The largest absolute Gasteiger partial charge is 0.480 e. The highest BCUT2D eigenvalue weighted by molar-refractivity contribution is 5.98. The van der Waals surface area contributed by atoms with Gasteiger partial charge in [-0.05, 0) is 68.5 Å². The van der Waals surface area contributed by atoms with Crippen molar-refractivity contribution in [3.63, 3.8) is 0 Å². The predicted octanol–water partition coefficient (Wildman–Crippen LogP) is 4.69. The highest BCUT2D eigenvalue weighted by atomic mass is 19.1. The number of hydrogen-bond donors (Lipinski definition) is 0. The molecule has 1 atom stereocenters. The Hall–Kier alpha value is -3.15. The molecule has 2 aromatic carbocycles. The van der Waals surface area contributed by atoms with Gasteiger partial charge in [0.05, 0.1) is 5.39 Å². The van der Waals surface area contributed by atoms with Crippen LogP contribution in [0.15, 0.2) is 51.7 Å². The number of carbonyl (C=O) groups is 1. The zero-order valence-electron chi connectivity index (χ0n) is 17.1. The summed E-state index contributed by atoms with van der Waals surface area (Å²) >= 11 is 0. The molecule has 0 spiro atoms. The summed E-state index contributed by atoms with van der Waals surface area (Å²) in [5.74, 6) is 0.0510. The molecule has 0 aliphatic carbocycles. The SMILES string of the molecule is Cc1cc(OC(C)C(=O)N2CCCCC2)c2c(-c3ccc(F)cc3)cc(=O)oc2c1. The summed E-state index contributed by atoms with van der Waals surface area (Å²) in [6.07, 6.45) is 2.47. The average molecular weight is 409 g/mol. The molecule has 1 amide bonds. The van der Waals surface area contributed by atoms with Gasteiger partial charge in [-0.15, -0.1) is 0 Å². The fourth-order valence-corrected chi connectivity index (χ4v) is 3.96. The molecule has 5 nitrogen and oxygen atoms in total. The lowest BCUT2D eigenvalue weighted by Crippen LogP contribution is -2.43. The maximum atomic E-state index is 13.4. The van der Waals surface area contributed by atoms with E-state index in [0.717, 1.165) is 37.9 Å². The molecule has 0 N–H and O–H groups in total. The molecule has 30 heavy (non-hydrogen) atoms. The fraction of sp³-hybridized carbons (Fsp3) is 0.333. The van der Waals surface area contributed by atoms with Crippen molar-refractivity contribution >= 4 is 16.9 Å². The van der Waals surface area contributed by atoms with Crippen LogP contribution in [0.5, 0.6) is 5.75 Å². The van der Waals surface area contributed by atoms with Gasteiger partial charge in [-0.3, -0.25) is 4.79 Å². The van der Waals surface area contributed by atoms with E-state index in [0.29, 0.717) is 27.8 Å². The Balaban J connectivity index is 1.78. The summed E-state index contributed by atoms with van der Waals surface area (Å²) < 4.78 is 25.0. The zero-order valence-corrected chi connectivity index (χ0v) is 17.1. The van der Waals surface area contributed by atoms with Crippen molar-refractivity contribution in [1.29, 1.82) is 0 Å². The molecule has 4 rings (SSSR count). The molecular weight excluding hydrogens is 385 g/mol. The van der Waals surface area contributed by atoms with E-state index in [-0.39, 0.29) is 11.7 Å². The Morgan fingerprint density at radius 3 is 2.50 bits per heavy atom. The summed E-state index contributed by atoms with van der Waals surface area (Å²) in [5, 5.41) is 0.588. The molecule has 0 radical (unpaired) electrons. The van der Waals surface area contributed by atoms with Crippen LogP contribution in [0.1, 0.15) is 31.7 Å². The number of carbonyl (C=O) groups excluding carboxylic acids is 1. The lowest BCUT2D eigenvalue weighted by Gasteiger charge is -2.29. The molecular formula is C24H24FNO4. The average Bonchev–Trinajstić information content (AvgIpc) is 2.73. The van der Waals surface area contributed by atoms with Crippen molar-refractivity contribution < 1.29 is 18.3 Å². The first-order valence-electron chi connectivity index (χ1n) is 10.2. The van der Waals surface area contributed by atoms with Crippen molar-refractivity contribution in [3.8, 4) is 16.9 Å². The van der Waals surface area contributed by atoms with E-state index in [2.05, 4.69) is 0 Å². The van der Waals surface area contributed by atoms with Gasteiger partial charge in [0, 0.05) is 24.7 Å². The second-order valence-corrected chi connectivity index (χ2v) is 7.77. The number of halogens is 1. The normalized spacial score (nSPS) is 15.2. The number of rotatable bonds is 4. The van der Waals surface area contributed by atoms with Crippen molar-refractivity contribution in [1.82, 2.24) is 4.90 Å². The Morgan fingerprint density at radius 2 is 1.80 bits per heavy atom. The first-order chi connectivity index (χ1) is 14.4. The Bertz CT molecular complexity index is 1130. The zero-order chi connectivity index (χ0) is 21.3. The van der Waals surface area contributed by atoms with Gasteiger partial charge in [0.1, 0.15) is 17.1 Å². The van der Waals surface area contributed by atoms with Crippen molar-refractivity contribution in [3.05, 3.63) is 64.3 Å².